The van der Waals surface area contributed by atoms with Gasteiger partial charge in [-0.3, -0.25) is 9.88 Å². The van der Waals surface area contributed by atoms with Crippen LogP contribution in [0.5, 0.6) is 0 Å². The van der Waals surface area contributed by atoms with Gasteiger partial charge < -0.3 is 10.4 Å². The third kappa shape index (κ3) is 4.12. The predicted octanol–water partition coefficient (Wildman–Crippen LogP) is 4.22. The molecule has 0 saturated carbocycles. The normalized spacial score (nSPS) is 16.7. The van der Waals surface area contributed by atoms with E-state index in [0.29, 0.717) is 5.56 Å². The molecule has 0 aliphatic carbocycles. The maximum atomic E-state index is 11.5. The summed E-state index contributed by atoms with van der Waals surface area (Å²) in [5, 5.41) is 12.5. The molecule has 2 heterocycles. The van der Waals surface area contributed by atoms with Gasteiger partial charge in [0, 0.05) is 13.6 Å². The van der Waals surface area contributed by atoms with E-state index in [4.69, 9.17) is 0 Å². The molecule has 0 unspecified atom stereocenters. The van der Waals surface area contributed by atoms with Crippen LogP contribution in [0.1, 0.15) is 40.5 Å². The fourth-order valence-electron chi connectivity index (χ4n) is 3.96. The Labute approximate surface area is 170 Å². The van der Waals surface area contributed by atoms with Gasteiger partial charge >= 0.3 is 5.97 Å². The van der Waals surface area contributed by atoms with Crippen molar-refractivity contribution in [1.82, 2.24) is 14.9 Å². The van der Waals surface area contributed by atoms with Gasteiger partial charge in [0.15, 0.2) is 0 Å². The molecule has 1 atom stereocenters. The van der Waals surface area contributed by atoms with Gasteiger partial charge in [0.1, 0.15) is 5.82 Å². The lowest BCUT2D eigenvalue weighted by atomic mass is 9.98. The van der Waals surface area contributed by atoms with Crippen LogP contribution in [0.15, 0.2) is 60.9 Å². The average Bonchev–Trinajstić information content (AvgIpc) is 3.22. The van der Waals surface area contributed by atoms with Crippen LogP contribution < -0.4 is 5.32 Å². The van der Waals surface area contributed by atoms with Crippen LogP contribution in [0.2, 0.25) is 0 Å². The Kier molecular flexibility index (Phi) is 5.53. The van der Waals surface area contributed by atoms with Gasteiger partial charge in [-0.2, -0.15) is 0 Å². The molecule has 6 nitrogen and oxygen atoms in total. The number of rotatable bonds is 6. The molecule has 3 aromatic rings. The fourth-order valence-corrected chi connectivity index (χ4v) is 3.96. The Morgan fingerprint density at radius 1 is 1.17 bits per heavy atom. The van der Waals surface area contributed by atoms with Crippen LogP contribution in [0.25, 0.3) is 11.1 Å². The van der Waals surface area contributed by atoms with Crippen LogP contribution >= 0.6 is 0 Å². The molecule has 2 aromatic carbocycles. The van der Waals surface area contributed by atoms with Crippen LogP contribution in [0.4, 0.5) is 5.82 Å². The minimum atomic E-state index is -0.908. The fraction of sp³-hybridized carbons (Fsp3) is 0.261. The molecule has 0 amide bonds. The monoisotopic (exact) mass is 388 g/mol. The van der Waals surface area contributed by atoms with Gasteiger partial charge in [-0.05, 0) is 42.1 Å². The Balaban J connectivity index is 1.52. The zero-order valence-electron chi connectivity index (χ0n) is 16.4. The van der Waals surface area contributed by atoms with Crippen LogP contribution in [-0.2, 0) is 6.54 Å². The minimum absolute atomic E-state index is 0.267. The van der Waals surface area contributed by atoms with Crippen molar-refractivity contribution in [3.63, 3.8) is 0 Å². The van der Waals surface area contributed by atoms with Gasteiger partial charge in [0.2, 0.25) is 0 Å². The standard InChI is InChI=1S/C23H24N4O2/c1-24-22-14-25-13-20(26-22)21-7-4-12-27(21)15-16-8-10-17(11-9-16)18-5-2-3-6-19(18)23(28)29/h2-3,5-6,8-11,13-14,21H,4,7,12,15H2,1H3,(H,24,26)(H,28,29)/t21-/m0/s1. The number of nitrogens with zero attached hydrogens (tertiary/aromatic N) is 3. The number of benzene rings is 2. The molecule has 1 aliphatic heterocycles. The largest absolute Gasteiger partial charge is 0.478 e. The molecule has 0 radical (unpaired) electrons. The number of likely N-dealkylation sites (tertiary alicyclic amines) is 1. The topological polar surface area (TPSA) is 78.4 Å². The molecular weight excluding hydrogens is 364 g/mol. The number of aromatic nitrogens is 2. The number of carbonyl (C=O) groups is 1. The van der Waals surface area contributed by atoms with Crippen molar-refractivity contribution in [2.24, 2.45) is 0 Å². The lowest BCUT2D eigenvalue weighted by Crippen LogP contribution is -2.23. The highest BCUT2D eigenvalue weighted by Crippen LogP contribution is 2.32. The maximum absolute atomic E-state index is 11.5. The average molecular weight is 388 g/mol. The lowest BCUT2D eigenvalue weighted by Gasteiger charge is -2.24. The SMILES string of the molecule is CNc1cncc([C@@H]2CCCN2Cc2ccc(-c3ccccc3C(=O)O)cc2)n1. The first-order valence-corrected chi connectivity index (χ1v) is 9.81. The molecule has 1 saturated heterocycles. The number of carboxylic acids is 1. The van der Waals surface area contributed by atoms with Gasteiger partial charge in [0.05, 0.1) is 29.7 Å². The summed E-state index contributed by atoms with van der Waals surface area (Å²) in [7, 11) is 1.85. The molecule has 0 bridgehead atoms. The lowest BCUT2D eigenvalue weighted by molar-refractivity contribution is 0.0697. The molecule has 1 aliphatic rings. The summed E-state index contributed by atoms with van der Waals surface area (Å²) in [5.74, 6) is -0.120. The highest BCUT2D eigenvalue weighted by molar-refractivity contribution is 5.95. The van der Waals surface area contributed by atoms with Gasteiger partial charge in [-0.15, -0.1) is 0 Å². The number of hydrogen-bond acceptors (Lipinski definition) is 5. The van der Waals surface area contributed by atoms with Crippen molar-refractivity contribution < 1.29 is 9.90 Å². The summed E-state index contributed by atoms with van der Waals surface area (Å²) in [6.45, 7) is 1.86. The summed E-state index contributed by atoms with van der Waals surface area (Å²) in [6.07, 6.45) is 5.80. The van der Waals surface area contributed by atoms with Crippen LogP contribution in [0.3, 0.4) is 0 Å². The highest BCUT2D eigenvalue weighted by Gasteiger charge is 2.27. The summed E-state index contributed by atoms with van der Waals surface area (Å²) in [6, 6.07) is 15.5. The van der Waals surface area contributed by atoms with E-state index in [1.54, 1.807) is 18.3 Å². The first kappa shape index (κ1) is 19.1. The highest BCUT2D eigenvalue weighted by atomic mass is 16.4. The first-order chi connectivity index (χ1) is 14.2. The van der Waals surface area contributed by atoms with Crippen LogP contribution in [0, 0.1) is 0 Å². The molecule has 6 heteroatoms. The van der Waals surface area contributed by atoms with E-state index in [1.165, 1.54) is 5.56 Å². The van der Waals surface area contributed by atoms with E-state index in [0.717, 1.165) is 48.6 Å². The molecule has 4 rings (SSSR count). The summed E-state index contributed by atoms with van der Waals surface area (Å²) in [4.78, 5) is 22.9. The van der Waals surface area contributed by atoms with E-state index < -0.39 is 5.97 Å². The smallest absolute Gasteiger partial charge is 0.336 e. The van der Waals surface area contributed by atoms with E-state index in [9.17, 15) is 9.90 Å². The molecule has 1 aromatic heterocycles. The molecule has 2 N–H and O–H groups in total. The van der Waals surface area contributed by atoms with Gasteiger partial charge in [-0.25, -0.2) is 9.78 Å². The minimum Gasteiger partial charge on any atom is -0.478 e. The Morgan fingerprint density at radius 3 is 2.72 bits per heavy atom. The van der Waals surface area contributed by atoms with Crippen LogP contribution in [-0.4, -0.2) is 39.5 Å². The van der Waals surface area contributed by atoms with E-state index in [2.05, 4.69) is 32.3 Å². The molecule has 0 spiro atoms. The van der Waals surface area contributed by atoms with Crippen molar-refractivity contribution >= 4 is 11.8 Å². The second kappa shape index (κ2) is 8.41. The van der Waals surface area contributed by atoms with Gasteiger partial charge in [-0.1, -0.05) is 42.5 Å². The second-order valence-electron chi connectivity index (χ2n) is 7.26. The van der Waals surface area contributed by atoms with E-state index >= 15 is 0 Å². The maximum Gasteiger partial charge on any atom is 0.336 e. The molecule has 1 fully saturated rings. The number of anilines is 1. The van der Waals surface area contributed by atoms with Crippen molar-refractivity contribution in [3.8, 4) is 11.1 Å². The zero-order chi connectivity index (χ0) is 20.2. The Hall–Kier alpha value is -3.25. The summed E-state index contributed by atoms with van der Waals surface area (Å²) in [5.41, 5.74) is 4.18. The van der Waals surface area contributed by atoms with E-state index in [1.807, 2.05) is 37.5 Å². The zero-order valence-corrected chi connectivity index (χ0v) is 16.4. The summed E-state index contributed by atoms with van der Waals surface area (Å²) >= 11 is 0. The third-order valence-corrected chi connectivity index (χ3v) is 5.42. The number of nitrogens with one attached hydrogen (secondary N) is 1. The first-order valence-electron chi connectivity index (χ1n) is 9.81. The van der Waals surface area contributed by atoms with E-state index in [-0.39, 0.29) is 6.04 Å². The molecule has 148 valence electrons. The quantitative estimate of drug-likeness (QED) is 0.658. The summed E-state index contributed by atoms with van der Waals surface area (Å²) < 4.78 is 0. The number of aromatic carboxylic acids is 1. The van der Waals surface area contributed by atoms with Crippen molar-refractivity contribution in [1.29, 1.82) is 0 Å². The predicted molar refractivity (Wildman–Crippen MR) is 113 cm³/mol. The van der Waals surface area contributed by atoms with Crippen molar-refractivity contribution in [2.45, 2.75) is 25.4 Å². The van der Waals surface area contributed by atoms with Crippen molar-refractivity contribution in [2.75, 3.05) is 18.9 Å². The Morgan fingerprint density at radius 2 is 1.97 bits per heavy atom. The Bertz CT molecular complexity index is 1000. The molecule has 29 heavy (non-hydrogen) atoms. The number of hydrogen-bond donors (Lipinski definition) is 2. The van der Waals surface area contributed by atoms with Gasteiger partial charge in [0.25, 0.3) is 0 Å². The number of carboxylic acid groups (broad SMARTS) is 1. The molecular formula is C23H24N4O2. The second-order valence-corrected chi connectivity index (χ2v) is 7.26. The third-order valence-electron chi connectivity index (χ3n) is 5.42. The van der Waals surface area contributed by atoms with Crippen molar-refractivity contribution in [3.05, 3.63) is 77.7 Å².